The van der Waals surface area contributed by atoms with Crippen molar-refractivity contribution in [2.45, 2.75) is 33.4 Å². The second-order valence-corrected chi connectivity index (χ2v) is 14.2. The van der Waals surface area contributed by atoms with Crippen LogP contribution in [0.4, 0.5) is 0 Å². The van der Waals surface area contributed by atoms with Crippen LogP contribution in [0.15, 0.2) is 87.8 Å². The lowest BCUT2D eigenvalue weighted by molar-refractivity contribution is 1.24. The number of hydrogen-bond acceptors (Lipinski definition) is 2. The predicted molar refractivity (Wildman–Crippen MR) is 126 cm³/mol. The van der Waals surface area contributed by atoms with Gasteiger partial charge in [0, 0.05) is 19.6 Å². The molecule has 0 bridgehead atoms. The molecular formula is C22H16Br2S3. The molecule has 5 heteroatoms. The lowest BCUT2D eigenvalue weighted by Gasteiger charge is -2.39. The van der Waals surface area contributed by atoms with E-state index in [9.17, 15) is 0 Å². The standard InChI is InChI=1S/C22H16Br2S3/c1-13-19-17(25-21(13)23)18-20(14(2)22(24)26-18)27(19,15-9-5-3-6-10-15)16-11-7-4-8-12-16/h3-12H,1-2H3. The van der Waals surface area contributed by atoms with Crippen LogP contribution in [-0.4, -0.2) is 0 Å². The van der Waals surface area contributed by atoms with Crippen molar-refractivity contribution in [3.05, 3.63) is 79.4 Å². The number of benzene rings is 2. The molecule has 1 aliphatic rings. The molecule has 0 amide bonds. The van der Waals surface area contributed by atoms with Crippen molar-refractivity contribution < 1.29 is 0 Å². The first-order chi connectivity index (χ1) is 13.1. The van der Waals surface area contributed by atoms with E-state index < -0.39 is 10.0 Å². The second-order valence-electron chi connectivity index (χ2n) is 6.56. The van der Waals surface area contributed by atoms with Crippen molar-refractivity contribution in [3.8, 4) is 9.75 Å². The third kappa shape index (κ3) is 2.39. The second kappa shape index (κ2) is 6.60. The molecular weight excluding hydrogens is 520 g/mol. The van der Waals surface area contributed by atoms with E-state index in [1.54, 1.807) is 0 Å². The van der Waals surface area contributed by atoms with Crippen molar-refractivity contribution in [1.82, 2.24) is 0 Å². The van der Waals surface area contributed by atoms with Crippen LogP contribution in [0.3, 0.4) is 0 Å². The first-order valence-corrected chi connectivity index (χ1v) is 13.4. The molecule has 4 aromatic rings. The van der Waals surface area contributed by atoms with E-state index in [-0.39, 0.29) is 0 Å². The molecule has 0 radical (unpaired) electrons. The minimum Gasteiger partial charge on any atom is -0.129 e. The highest BCUT2D eigenvalue weighted by Crippen LogP contribution is 2.84. The molecule has 0 fully saturated rings. The smallest absolute Gasteiger partial charge is 0.0745 e. The zero-order valence-corrected chi connectivity index (χ0v) is 20.4. The van der Waals surface area contributed by atoms with Crippen molar-refractivity contribution in [3.63, 3.8) is 0 Å². The molecule has 0 nitrogen and oxygen atoms in total. The van der Waals surface area contributed by atoms with E-state index in [4.69, 9.17) is 0 Å². The Morgan fingerprint density at radius 3 is 1.37 bits per heavy atom. The normalized spacial score (nSPS) is 15.4. The van der Waals surface area contributed by atoms with Gasteiger partial charge < -0.3 is 0 Å². The summed E-state index contributed by atoms with van der Waals surface area (Å²) in [5.74, 6) is 0. The average molecular weight is 536 g/mol. The minimum absolute atomic E-state index is 1.25. The minimum atomic E-state index is -1.50. The van der Waals surface area contributed by atoms with Gasteiger partial charge >= 0.3 is 0 Å². The lowest BCUT2D eigenvalue weighted by Crippen LogP contribution is -2.03. The van der Waals surface area contributed by atoms with E-state index in [0.717, 1.165) is 0 Å². The van der Waals surface area contributed by atoms with Crippen LogP contribution >= 0.6 is 64.6 Å². The number of halogens is 2. The molecule has 0 aliphatic carbocycles. The molecule has 5 rings (SSSR count). The predicted octanol–water partition coefficient (Wildman–Crippen LogP) is 9.27. The van der Waals surface area contributed by atoms with Crippen LogP contribution in [0.2, 0.25) is 0 Å². The zero-order valence-electron chi connectivity index (χ0n) is 14.8. The van der Waals surface area contributed by atoms with Crippen LogP contribution in [0.5, 0.6) is 0 Å². The Hall–Kier alpha value is -0.850. The Morgan fingerprint density at radius 1 is 0.630 bits per heavy atom. The highest BCUT2D eigenvalue weighted by Gasteiger charge is 2.47. The van der Waals surface area contributed by atoms with E-state index in [2.05, 4.69) is 106 Å². The van der Waals surface area contributed by atoms with E-state index in [1.165, 1.54) is 48.0 Å². The van der Waals surface area contributed by atoms with E-state index in [1.807, 2.05) is 22.7 Å². The van der Waals surface area contributed by atoms with Gasteiger partial charge in [-0.1, -0.05) is 36.4 Å². The Kier molecular flexibility index (Phi) is 4.45. The van der Waals surface area contributed by atoms with Gasteiger partial charge in [-0.05, 0) is 81.1 Å². The summed E-state index contributed by atoms with van der Waals surface area (Å²) in [4.78, 5) is 8.75. The number of rotatable bonds is 2. The summed E-state index contributed by atoms with van der Waals surface area (Å²) >= 11 is 11.5. The molecule has 3 heterocycles. The SMILES string of the molecule is Cc1c(Br)sc2c1S(c1ccccc1)(c1ccccc1)c1c-2sc(Br)c1C. The number of thiophene rings is 2. The molecule has 2 aromatic heterocycles. The summed E-state index contributed by atoms with van der Waals surface area (Å²) in [5.41, 5.74) is 2.77. The first kappa shape index (κ1) is 18.2. The van der Waals surface area contributed by atoms with Gasteiger partial charge in [-0.2, -0.15) is 0 Å². The van der Waals surface area contributed by atoms with Crippen LogP contribution < -0.4 is 0 Å². The van der Waals surface area contributed by atoms with Gasteiger partial charge in [0.05, 0.1) is 17.3 Å². The van der Waals surface area contributed by atoms with Crippen LogP contribution in [0.1, 0.15) is 11.1 Å². The lowest BCUT2D eigenvalue weighted by atomic mass is 10.3. The molecule has 0 atom stereocenters. The monoisotopic (exact) mass is 534 g/mol. The molecule has 0 spiro atoms. The largest absolute Gasteiger partial charge is 0.129 e. The maximum Gasteiger partial charge on any atom is 0.0745 e. The van der Waals surface area contributed by atoms with E-state index >= 15 is 0 Å². The van der Waals surface area contributed by atoms with Crippen molar-refractivity contribution in [2.24, 2.45) is 0 Å². The zero-order chi connectivity index (χ0) is 18.8. The van der Waals surface area contributed by atoms with Crippen molar-refractivity contribution >= 4 is 64.6 Å². The van der Waals surface area contributed by atoms with Crippen molar-refractivity contribution in [2.75, 3.05) is 0 Å². The Balaban J connectivity index is 2.03. The van der Waals surface area contributed by atoms with Gasteiger partial charge in [0.15, 0.2) is 0 Å². The van der Waals surface area contributed by atoms with Crippen molar-refractivity contribution in [1.29, 1.82) is 0 Å². The molecule has 0 saturated carbocycles. The number of fused-ring (bicyclic) bond motifs is 3. The van der Waals surface area contributed by atoms with Gasteiger partial charge in [-0.3, -0.25) is 0 Å². The molecule has 136 valence electrons. The third-order valence-electron chi connectivity index (χ3n) is 5.08. The fourth-order valence-electron chi connectivity index (χ4n) is 3.94. The molecule has 2 aromatic carbocycles. The molecule has 0 saturated heterocycles. The highest BCUT2D eigenvalue weighted by molar-refractivity contribution is 9.11. The Bertz CT molecular complexity index is 1060. The summed E-state index contributed by atoms with van der Waals surface area (Å²) in [6.07, 6.45) is 0. The van der Waals surface area contributed by atoms with Gasteiger partial charge in [0.1, 0.15) is 0 Å². The molecule has 0 unspecified atom stereocenters. The maximum atomic E-state index is 3.84. The molecule has 1 aliphatic heterocycles. The van der Waals surface area contributed by atoms with Gasteiger partial charge in [-0.15, -0.1) is 32.7 Å². The highest BCUT2D eigenvalue weighted by atomic mass is 79.9. The van der Waals surface area contributed by atoms with Crippen LogP contribution in [0, 0.1) is 13.8 Å². The summed E-state index contributed by atoms with van der Waals surface area (Å²) in [6, 6.07) is 22.2. The number of hydrogen-bond donors (Lipinski definition) is 0. The van der Waals surface area contributed by atoms with Gasteiger partial charge in [0.25, 0.3) is 0 Å². The summed E-state index contributed by atoms with van der Waals surface area (Å²) in [6.45, 7) is 4.54. The third-order valence-corrected chi connectivity index (χ3v) is 14.0. The van der Waals surface area contributed by atoms with Gasteiger partial charge in [-0.25, -0.2) is 0 Å². The van der Waals surface area contributed by atoms with Gasteiger partial charge in [0.2, 0.25) is 0 Å². The summed E-state index contributed by atoms with van der Waals surface area (Å²) in [5, 5.41) is 0. The van der Waals surface area contributed by atoms with E-state index in [0.29, 0.717) is 0 Å². The first-order valence-electron chi connectivity index (χ1n) is 8.58. The Labute approximate surface area is 185 Å². The van der Waals surface area contributed by atoms with Crippen LogP contribution in [0.25, 0.3) is 9.75 Å². The fraction of sp³-hybridized carbons (Fsp3) is 0.0909. The molecule has 27 heavy (non-hydrogen) atoms. The quantitative estimate of drug-likeness (QED) is 0.211. The summed E-state index contributed by atoms with van der Waals surface area (Å²) < 4.78 is 2.51. The summed E-state index contributed by atoms with van der Waals surface area (Å²) in [7, 11) is -1.50. The topological polar surface area (TPSA) is 0 Å². The molecule has 0 N–H and O–H groups in total. The average Bonchev–Trinajstić information content (AvgIpc) is 3.26. The van der Waals surface area contributed by atoms with Crippen LogP contribution in [-0.2, 0) is 0 Å². The Morgan fingerprint density at radius 2 is 1.00 bits per heavy atom. The fourth-order valence-corrected chi connectivity index (χ4v) is 13.3. The maximum absolute atomic E-state index is 3.84.